The summed E-state index contributed by atoms with van der Waals surface area (Å²) in [4.78, 5) is 20.2. The molecule has 3 aromatic rings. The first kappa shape index (κ1) is 13.4. The Balaban J connectivity index is 1.67. The van der Waals surface area contributed by atoms with Crippen molar-refractivity contribution in [3.8, 4) is 5.69 Å². The van der Waals surface area contributed by atoms with E-state index in [0.717, 1.165) is 22.5 Å². The van der Waals surface area contributed by atoms with Crippen LogP contribution in [0.5, 0.6) is 0 Å². The van der Waals surface area contributed by atoms with Gasteiger partial charge in [-0.25, -0.2) is 9.67 Å². The first-order chi connectivity index (χ1) is 11.2. The maximum absolute atomic E-state index is 12.2. The van der Waals surface area contributed by atoms with Crippen molar-refractivity contribution in [3.63, 3.8) is 0 Å². The number of hydrogen-bond acceptors (Lipinski definition) is 5. The van der Waals surface area contributed by atoms with Crippen molar-refractivity contribution >= 4 is 11.6 Å². The van der Waals surface area contributed by atoms with Gasteiger partial charge in [-0.2, -0.15) is 5.10 Å². The highest BCUT2D eigenvalue weighted by Gasteiger charge is 2.24. The number of rotatable bonds is 2. The molecule has 0 bridgehead atoms. The van der Waals surface area contributed by atoms with Gasteiger partial charge in [0.15, 0.2) is 0 Å². The van der Waals surface area contributed by atoms with E-state index < -0.39 is 0 Å². The van der Waals surface area contributed by atoms with Gasteiger partial charge in [0.1, 0.15) is 18.8 Å². The smallest absolute Gasteiger partial charge is 0.255 e. The summed E-state index contributed by atoms with van der Waals surface area (Å²) < 4.78 is 1.71. The molecule has 0 saturated carbocycles. The van der Waals surface area contributed by atoms with Crippen LogP contribution in [0, 0.1) is 6.92 Å². The van der Waals surface area contributed by atoms with E-state index >= 15 is 0 Å². The quantitative estimate of drug-likeness (QED) is 0.754. The predicted molar refractivity (Wildman–Crippen MR) is 84.2 cm³/mol. The summed E-state index contributed by atoms with van der Waals surface area (Å²) in [6.07, 6.45) is 6.14. The number of hydrogen-bond donors (Lipinski definition) is 2. The molecule has 1 aliphatic heterocycles. The van der Waals surface area contributed by atoms with E-state index in [0.29, 0.717) is 5.56 Å². The molecule has 0 aliphatic carbocycles. The van der Waals surface area contributed by atoms with Gasteiger partial charge in [0.25, 0.3) is 5.91 Å². The summed E-state index contributed by atoms with van der Waals surface area (Å²) >= 11 is 0. The highest BCUT2D eigenvalue weighted by atomic mass is 16.2. The van der Waals surface area contributed by atoms with E-state index in [4.69, 9.17) is 0 Å². The fourth-order valence-corrected chi connectivity index (χ4v) is 2.72. The predicted octanol–water partition coefficient (Wildman–Crippen LogP) is 1.82. The second kappa shape index (κ2) is 5.20. The van der Waals surface area contributed by atoms with Crippen molar-refractivity contribution in [2.45, 2.75) is 13.1 Å². The highest BCUT2D eigenvalue weighted by molar-refractivity contribution is 6.01. The van der Waals surface area contributed by atoms with Crippen molar-refractivity contribution in [3.05, 3.63) is 66.0 Å². The Morgan fingerprint density at radius 2 is 2.09 bits per heavy atom. The van der Waals surface area contributed by atoms with Crippen molar-refractivity contribution in [2.24, 2.45) is 0 Å². The monoisotopic (exact) mass is 306 g/mol. The number of carbonyl (C=O) groups excluding carboxylic acids is 1. The van der Waals surface area contributed by atoms with Crippen molar-refractivity contribution < 1.29 is 4.79 Å². The minimum Gasteiger partial charge on any atom is -0.360 e. The van der Waals surface area contributed by atoms with Crippen molar-refractivity contribution in [1.82, 2.24) is 25.1 Å². The molecule has 23 heavy (non-hydrogen) atoms. The number of carbonyl (C=O) groups is 1. The average Bonchev–Trinajstić information content (AvgIpc) is 3.09. The maximum Gasteiger partial charge on any atom is 0.255 e. The van der Waals surface area contributed by atoms with Gasteiger partial charge in [-0.05, 0) is 30.2 Å². The molecule has 1 aliphatic rings. The number of fused-ring (bicyclic) bond motifs is 1. The molecule has 1 atom stereocenters. The third-order valence-electron chi connectivity index (χ3n) is 3.86. The van der Waals surface area contributed by atoms with Crippen LogP contribution in [0.25, 0.3) is 5.69 Å². The van der Waals surface area contributed by atoms with E-state index in [1.54, 1.807) is 29.5 Å². The molecule has 2 aromatic heterocycles. The summed E-state index contributed by atoms with van der Waals surface area (Å²) in [7, 11) is 0. The number of nitrogens with zero attached hydrogens (tertiary/aromatic N) is 4. The van der Waals surface area contributed by atoms with Crippen molar-refractivity contribution in [1.29, 1.82) is 0 Å². The first-order valence-electron chi connectivity index (χ1n) is 7.19. The third kappa shape index (κ3) is 2.32. The van der Waals surface area contributed by atoms with Crippen LogP contribution in [0.1, 0.15) is 27.7 Å². The Morgan fingerprint density at radius 1 is 1.17 bits per heavy atom. The number of benzene rings is 1. The summed E-state index contributed by atoms with van der Waals surface area (Å²) in [5, 5.41) is 10.4. The molecule has 7 heteroatoms. The van der Waals surface area contributed by atoms with Gasteiger partial charge in [-0.15, -0.1) is 0 Å². The van der Waals surface area contributed by atoms with Gasteiger partial charge in [-0.3, -0.25) is 9.78 Å². The fourth-order valence-electron chi connectivity index (χ4n) is 2.72. The van der Waals surface area contributed by atoms with E-state index in [1.807, 2.05) is 25.1 Å². The second-order valence-electron chi connectivity index (χ2n) is 5.36. The van der Waals surface area contributed by atoms with Gasteiger partial charge < -0.3 is 10.6 Å². The van der Waals surface area contributed by atoms with E-state index in [2.05, 4.69) is 25.7 Å². The molecule has 0 radical (unpaired) electrons. The number of amides is 1. The zero-order chi connectivity index (χ0) is 15.8. The zero-order valence-electron chi connectivity index (χ0n) is 12.4. The molecule has 7 nitrogen and oxygen atoms in total. The molecular formula is C16H14N6O. The molecule has 3 heterocycles. The van der Waals surface area contributed by atoms with Gasteiger partial charge >= 0.3 is 0 Å². The third-order valence-corrected chi connectivity index (χ3v) is 3.86. The lowest BCUT2D eigenvalue weighted by atomic mass is 10.0. The van der Waals surface area contributed by atoms with Crippen molar-refractivity contribution in [2.75, 3.05) is 5.32 Å². The summed E-state index contributed by atoms with van der Waals surface area (Å²) in [5.74, 6) is -0.107. The number of nitrogens with one attached hydrogen (secondary N) is 2. The van der Waals surface area contributed by atoms with E-state index in [-0.39, 0.29) is 12.1 Å². The Kier molecular flexibility index (Phi) is 3.04. The SMILES string of the molecule is Cc1cc(C2NC(=O)c3ccncc3N2)ccc1-n1cncn1. The Hall–Kier alpha value is -3.22. The normalized spacial score (nSPS) is 16.4. The lowest BCUT2D eigenvalue weighted by Gasteiger charge is -2.28. The van der Waals surface area contributed by atoms with E-state index in [1.165, 1.54) is 6.33 Å². The molecule has 114 valence electrons. The highest BCUT2D eigenvalue weighted by Crippen LogP contribution is 2.27. The molecule has 4 rings (SSSR count). The molecular weight excluding hydrogens is 292 g/mol. The van der Waals surface area contributed by atoms with Crippen LogP contribution in [0.15, 0.2) is 49.3 Å². The number of pyridine rings is 1. The molecule has 1 unspecified atom stereocenters. The lowest BCUT2D eigenvalue weighted by Crippen LogP contribution is -2.38. The van der Waals surface area contributed by atoms with Crippen LogP contribution in [0.2, 0.25) is 0 Å². The number of aryl methyl sites for hydroxylation is 1. The minimum absolute atomic E-state index is 0.107. The van der Waals surface area contributed by atoms with Gasteiger partial charge in [0.2, 0.25) is 0 Å². The average molecular weight is 306 g/mol. The first-order valence-corrected chi connectivity index (χ1v) is 7.19. The number of aromatic nitrogens is 4. The summed E-state index contributed by atoms with van der Waals surface area (Å²) in [6.45, 7) is 2.00. The molecule has 0 spiro atoms. The summed E-state index contributed by atoms with van der Waals surface area (Å²) in [6, 6.07) is 7.65. The molecule has 1 amide bonds. The van der Waals surface area contributed by atoms with Gasteiger partial charge in [-0.1, -0.05) is 12.1 Å². The summed E-state index contributed by atoms with van der Waals surface area (Å²) in [5.41, 5.74) is 4.30. The van der Waals surface area contributed by atoms with Crippen LogP contribution in [0.4, 0.5) is 5.69 Å². The van der Waals surface area contributed by atoms with E-state index in [9.17, 15) is 4.79 Å². The Bertz CT molecular complexity index is 874. The molecule has 2 N–H and O–H groups in total. The number of anilines is 1. The van der Waals surface area contributed by atoms with Gasteiger partial charge in [0.05, 0.1) is 23.1 Å². The Labute approximate surface area is 132 Å². The lowest BCUT2D eigenvalue weighted by molar-refractivity contribution is 0.0935. The molecule has 1 aromatic carbocycles. The van der Waals surface area contributed by atoms with Crippen LogP contribution in [-0.2, 0) is 0 Å². The Morgan fingerprint density at radius 3 is 2.87 bits per heavy atom. The molecule has 0 saturated heterocycles. The topological polar surface area (TPSA) is 84.7 Å². The second-order valence-corrected chi connectivity index (χ2v) is 5.36. The fraction of sp³-hybridized carbons (Fsp3) is 0.125. The van der Waals surface area contributed by atoms with Crippen LogP contribution < -0.4 is 10.6 Å². The zero-order valence-corrected chi connectivity index (χ0v) is 12.4. The standard InChI is InChI=1S/C16H14N6O/c1-10-6-11(2-3-14(10)22-9-18-8-19-22)15-20-13-7-17-5-4-12(13)16(23)21-15/h2-9,15,20H,1H3,(H,21,23). The molecule has 0 fully saturated rings. The largest absolute Gasteiger partial charge is 0.360 e. The van der Waals surface area contributed by atoms with Crippen LogP contribution >= 0.6 is 0 Å². The van der Waals surface area contributed by atoms with Crippen LogP contribution in [0.3, 0.4) is 0 Å². The maximum atomic E-state index is 12.2. The van der Waals surface area contributed by atoms with Crippen LogP contribution in [-0.4, -0.2) is 25.7 Å². The minimum atomic E-state index is -0.289. The van der Waals surface area contributed by atoms with Gasteiger partial charge in [0, 0.05) is 6.20 Å².